The predicted molar refractivity (Wildman–Crippen MR) is 106 cm³/mol. The van der Waals surface area contributed by atoms with E-state index in [9.17, 15) is 35.9 Å². The van der Waals surface area contributed by atoms with Gasteiger partial charge in [-0.25, -0.2) is 9.59 Å². The lowest BCUT2D eigenvalue weighted by molar-refractivity contribution is -0.137. The summed E-state index contributed by atoms with van der Waals surface area (Å²) < 4.78 is 100. The van der Waals surface area contributed by atoms with Crippen molar-refractivity contribution in [2.75, 3.05) is 13.2 Å². The molecule has 2 heterocycles. The molecule has 34 heavy (non-hydrogen) atoms. The number of halogens is 6. The van der Waals surface area contributed by atoms with Crippen LogP contribution in [0.4, 0.5) is 26.3 Å². The number of hydrogen-bond acceptors (Lipinski definition) is 6. The molecule has 0 aliphatic heterocycles. The van der Waals surface area contributed by atoms with Gasteiger partial charge in [-0.15, -0.1) is 0 Å². The monoisotopic (exact) mass is 486 g/mol. The molecule has 2 aromatic carbocycles. The van der Waals surface area contributed by atoms with E-state index in [0.717, 1.165) is 36.4 Å². The standard InChI is InChI=1S/C22H12F6O6/c23-21(24,25)15-7-11(9-17-13(15)1-3-19(29)33-17)31-5-6-32-12-8-16(22(26,27)28)14-2-4-20(30)34-18(14)10-12/h1-4,7-10H,5-6H2. The molecule has 0 radical (unpaired) electrons. The van der Waals surface area contributed by atoms with Crippen molar-refractivity contribution in [2.45, 2.75) is 12.4 Å². The molecular weight excluding hydrogens is 474 g/mol. The Bertz CT molecular complexity index is 1370. The van der Waals surface area contributed by atoms with Gasteiger partial charge < -0.3 is 18.3 Å². The average molecular weight is 486 g/mol. The van der Waals surface area contributed by atoms with Crippen LogP contribution in [0.5, 0.6) is 11.5 Å². The van der Waals surface area contributed by atoms with Crippen LogP contribution in [-0.4, -0.2) is 13.2 Å². The largest absolute Gasteiger partial charge is 0.490 e. The second kappa shape index (κ2) is 8.43. The Kier molecular flexibility index (Phi) is 5.75. The summed E-state index contributed by atoms with van der Waals surface area (Å²) in [4.78, 5) is 22.7. The molecular formula is C22H12F6O6. The van der Waals surface area contributed by atoms with E-state index in [4.69, 9.17) is 18.3 Å². The van der Waals surface area contributed by atoms with Gasteiger partial charge in [-0.3, -0.25) is 0 Å². The van der Waals surface area contributed by atoms with Crippen molar-refractivity contribution in [3.05, 3.63) is 80.5 Å². The highest BCUT2D eigenvalue weighted by molar-refractivity contribution is 5.83. The van der Waals surface area contributed by atoms with Gasteiger partial charge in [0.25, 0.3) is 0 Å². The van der Waals surface area contributed by atoms with Crippen molar-refractivity contribution in [1.29, 1.82) is 0 Å². The first-order valence-electron chi connectivity index (χ1n) is 9.48. The predicted octanol–water partition coefficient (Wildman–Crippen LogP) is 5.39. The minimum absolute atomic E-state index is 0.293. The van der Waals surface area contributed by atoms with E-state index >= 15 is 0 Å². The normalized spacial score (nSPS) is 12.3. The van der Waals surface area contributed by atoms with Crippen LogP contribution in [0.25, 0.3) is 21.9 Å². The minimum Gasteiger partial charge on any atom is -0.490 e. The van der Waals surface area contributed by atoms with Crippen molar-refractivity contribution in [3.63, 3.8) is 0 Å². The molecule has 12 heteroatoms. The van der Waals surface area contributed by atoms with Crippen LogP contribution in [0.1, 0.15) is 11.1 Å². The molecule has 0 fully saturated rings. The van der Waals surface area contributed by atoms with Crippen LogP contribution in [0.2, 0.25) is 0 Å². The zero-order chi connectivity index (χ0) is 24.7. The number of ether oxygens (including phenoxy) is 2. The van der Waals surface area contributed by atoms with Crippen LogP contribution in [0.3, 0.4) is 0 Å². The Balaban J connectivity index is 1.55. The summed E-state index contributed by atoms with van der Waals surface area (Å²) in [6, 6.07) is 7.24. The maximum Gasteiger partial charge on any atom is 0.417 e. The molecule has 0 aliphatic rings. The summed E-state index contributed by atoms with van der Waals surface area (Å²) in [5, 5.41) is -0.680. The molecule has 0 bridgehead atoms. The van der Waals surface area contributed by atoms with Crippen molar-refractivity contribution in [2.24, 2.45) is 0 Å². The average Bonchev–Trinajstić information content (AvgIpc) is 2.73. The van der Waals surface area contributed by atoms with Gasteiger partial charge in [-0.05, 0) is 24.3 Å². The fraction of sp³-hybridized carbons (Fsp3) is 0.182. The van der Waals surface area contributed by atoms with Crippen molar-refractivity contribution in [1.82, 2.24) is 0 Å². The van der Waals surface area contributed by atoms with Crippen LogP contribution < -0.4 is 20.7 Å². The number of fused-ring (bicyclic) bond motifs is 2. The molecule has 0 N–H and O–H groups in total. The SMILES string of the molecule is O=c1ccc2c(C(F)(F)F)cc(OCCOc3cc(C(F)(F)F)c4ccc(=O)oc4c3)cc2o1. The van der Waals surface area contributed by atoms with Gasteiger partial charge in [0.15, 0.2) is 0 Å². The summed E-state index contributed by atoms with van der Waals surface area (Å²) in [6.07, 6.45) is -9.53. The van der Waals surface area contributed by atoms with Crippen LogP contribution >= 0.6 is 0 Å². The fourth-order valence-electron chi connectivity index (χ4n) is 3.26. The zero-order valence-corrected chi connectivity index (χ0v) is 16.8. The smallest absolute Gasteiger partial charge is 0.417 e. The van der Waals surface area contributed by atoms with Gasteiger partial charge in [0, 0.05) is 35.0 Å². The van der Waals surface area contributed by atoms with E-state index in [2.05, 4.69) is 0 Å². The molecule has 0 unspecified atom stereocenters. The molecule has 178 valence electrons. The number of alkyl halides is 6. The number of rotatable bonds is 5. The molecule has 4 aromatic rings. The minimum atomic E-state index is -4.77. The molecule has 6 nitrogen and oxygen atoms in total. The van der Waals surface area contributed by atoms with Crippen molar-refractivity contribution in [3.8, 4) is 11.5 Å². The topological polar surface area (TPSA) is 78.9 Å². The highest BCUT2D eigenvalue weighted by atomic mass is 19.4. The third-order valence-corrected chi connectivity index (χ3v) is 4.66. The van der Waals surface area contributed by atoms with E-state index in [1.165, 1.54) is 0 Å². The number of benzene rings is 2. The maximum atomic E-state index is 13.4. The van der Waals surface area contributed by atoms with Gasteiger partial charge in [-0.2, -0.15) is 26.3 Å². The summed E-state index contributed by atoms with van der Waals surface area (Å²) in [7, 11) is 0. The third-order valence-electron chi connectivity index (χ3n) is 4.66. The lowest BCUT2D eigenvalue weighted by Crippen LogP contribution is -2.12. The molecule has 0 spiro atoms. The Morgan fingerprint density at radius 2 is 1.00 bits per heavy atom. The Labute approximate surface area is 184 Å². The first-order valence-corrected chi connectivity index (χ1v) is 9.48. The highest BCUT2D eigenvalue weighted by Crippen LogP contribution is 2.38. The highest BCUT2D eigenvalue weighted by Gasteiger charge is 2.35. The summed E-state index contributed by atoms with van der Waals surface area (Å²) in [6.45, 7) is -0.726. The van der Waals surface area contributed by atoms with E-state index < -0.39 is 34.7 Å². The molecule has 0 aliphatic carbocycles. The third kappa shape index (κ3) is 4.85. The van der Waals surface area contributed by atoms with E-state index in [1.807, 2.05) is 0 Å². The fourth-order valence-corrected chi connectivity index (χ4v) is 3.26. The summed E-state index contributed by atoms with van der Waals surface area (Å²) >= 11 is 0. The van der Waals surface area contributed by atoms with Gasteiger partial charge in [0.05, 0.1) is 11.1 Å². The second-order valence-electron chi connectivity index (χ2n) is 6.97. The van der Waals surface area contributed by atoms with Gasteiger partial charge in [0.2, 0.25) is 0 Å². The van der Waals surface area contributed by atoms with Gasteiger partial charge >= 0.3 is 23.6 Å². The van der Waals surface area contributed by atoms with Crippen LogP contribution in [0, 0.1) is 0 Å². The van der Waals surface area contributed by atoms with Gasteiger partial charge in [-0.1, -0.05) is 0 Å². The quantitative estimate of drug-likeness (QED) is 0.214. The maximum absolute atomic E-state index is 13.4. The van der Waals surface area contributed by atoms with Crippen molar-refractivity contribution >= 4 is 21.9 Å². The molecule has 0 amide bonds. The first kappa shape index (κ1) is 23.2. The Morgan fingerprint density at radius 3 is 1.35 bits per heavy atom. The van der Waals surface area contributed by atoms with Gasteiger partial charge in [0.1, 0.15) is 35.9 Å². The molecule has 0 atom stereocenters. The van der Waals surface area contributed by atoms with E-state index in [-0.39, 0.29) is 46.7 Å². The van der Waals surface area contributed by atoms with Crippen molar-refractivity contribution < 1.29 is 44.7 Å². The van der Waals surface area contributed by atoms with Crippen LogP contribution in [0.15, 0.2) is 67.0 Å². The molecule has 0 saturated carbocycles. The first-order chi connectivity index (χ1) is 15.9. The molecule has 2 aromatic heterocycles. The lowest BCUT2D eigenvalue weighted by atomic mass is 10.1. The Hall–Kier alpha value is -3.96. The van der Waals surface area contributed by atoms with E-state index in [0.29, 0.717) is 12.1 Å². The van der Waals surface area contributed by atoms with E-state index in [1.54, 1.807) is 0 Å². The Morgan fingerprint density at radius 1 is 0.618 bits per heavy atom. The summed E-state index contributed by atoms with van der Waals surface area (Å²) in [5.74, 6) is -0.587. The summed E-state index contributed by atoms with van der Waals surface area (Å²) in [5.41, 5.74) is -4.60. The number of hydrogen-bond donors (Lipinski definition) is 0. The zero-order valence-electron chi connectivity index (χ0n) is 16.8. The second-order valence-corrected chi connectivity index (χ2v) is 6.97. The molecule has 4 rings (SSSR count). The van der Waals surface area contributed by atoms with Crippen LogP contribution in [-0.2, 0) is 12.4 Å². The lowest BCUT2D eigenvalue weighted by Gasteiger charge is -2.14. The molecule has 0 saturated heterocycles.